The van der Waals surface area contributed by atoms with Gasteiger partial charge in [-0.15, -0.1) is 0 Å². The molecule has 0 aliphatic rings. The molecule has 1 aromatic heterocycles. The van der Waals surface area contributed by atoms with Gasteiger partial charge in [0, 0.05) is 4.47 Å². The molecule has 0 bridgehead atoms. The van der Waals surface area contributed by atoms with Crippen LogP contribution in [0.15, 0.2) is 39.2 Å². The van der Waals surface area contributed by atoms with E-state index in [1.165, 1.54) is 0 Å². The number of anilines is 1. The Morgan fingerprint density at radius 1 is 1.35 bits per heavy atom. The average Bonchev–Trinajstić information content (AvgIpc) is 2.73. The molecule has 0 saturated heterocycles. The predicted octanol–water partition coefficient (Wildman–Crippen LogP) is 4.18. The van der Waals surface area contributed by atoms with Gasteiger partial charge in [-0.05, 0) is 41.9 Å². The fraction of sp³-hybridized carbons (Fsp3) is 0.0833. The second kappa shape index (κ2) is 5.26. The molecule has 17 heavy (non-hydrogen) atoms. The number of nitriles is 1. The molecule has 2 rings (SSSR count). The zero-order valence-electron chi connectivity index (χ0n) is 8.71. The van der Waals surface area contributed by atoms with Crippen molar-refractivity contribution in [1.29, 1.82) is 5.26 Å². The summed E-state index contributed by atoms with van der Waals surface area (Å²) in [6.45, 7) is 0.484. The van der Waals surface area contributed by atoms with E-state index in [1.807, 2.05) is 12.1 Å². The van der Waals surface area contributed by atoms with Crippen molar-refractivity contribution in [3.8, 4) is 6.07 Å². The van der Waals surface area contributed by atoms with Gasteiger partial charge in [-0.25, -0.2) is 0 Å². The maximum absolute atomic E-state index is 8.96. The summed E-state index contributed by atoms with van der Waals surface area (Å²) in [4.78, 5) is 0. The highest BCUT2D eigenvalue weighted by molar-refractivity contribution is 9.10. The normalized spacial score (nSPS) is 9.94. The van der Waals surface area contributed by atoms with Crippen molar-refractivity contribution in [1.82, 2.24) is 0 Å². The van der Waals surface area contributed by atoms with E-state index in [0.717, 1.165) is 15.9 Å². The Bertz CT molecular complexity index is 574. The highest BCUT2D eigenvalue weighted by Gasteiger charge is 2.04. The Balaban J connectivity index is 2.13. The number of hydrogen-bond donors (Lipinski definition) is 1. The summed E-state index contributed by atoms with van der Waals surface area (Å²) >= 11 is 9.03. The van der Waals surface area contributed by atoms with Crippen LogP contribution in [0.1, 0.15) is 11.3 Å². The molecule has 0 spiro atoms. The van der Waals surface area contributed by atoms with Crippen LogP contribution in [0, 0.1) is 11.3 Å². The molecule has 0 radical (unpaired) electrons. The molecule has 0 aliphatic heterocycles. The molecule has 1 aromatic carbocycles. The highest BCUT2D eigenvalue weighted by Crippen LogP contribution is 2.22. The molecular weight excluding hydrogens is 304 g/mol. The third-order valence-electron chi connectivity index (χ3n) is 2.18. The van der Waals surface area contributed by atoms with E-state index < -0.39 is 0 Å². The van der Waals surface area contributed by atoms with Crippen LogP contribution in [0.5, 0.6) is 0 Å². The summed E-state index contributed by atoms with van der Waals surface area (Å²) in [5, 5.41) is 12.4. The van der Waals surface area contributed by atoms with Crippen molar-refractivity contribution in [2.75, 3.05) is 5.32 Å². The summed E-state index contributed by atoms with van der Waals surface area (Å²) in [5.41, 5.74) is 1.35. The Kier molecular flexibility index (Phi) is 3.72. The minimum Gasteiger partial charge on any atom is -0.448 e. The summed E-state index contributed by atoms with van der Waals surface area (Å²) in [7, 11) is 0. The van der Waals surface area contributed by atoms with Crippen molar-refractivity contribution in [3.05, 3.63) is 51.3 Å². The molecule has 86 valence electrons. The second-order valence-corrected chi connectivity index (χ2v) is 4.65. The van der Waals surface area contributed by atoms with Crippen molar-refractivity contribution >= 4 is 33.2 Å². The first-order chi connectivity index (χ1) is 8.19. The second-order valence-electron chi connectivity index (χ2n) is 3.36. The van der Waals surface area contributed by atoms with E-state index in [2.05, 4.69) is 27.3 Å². The first-order valence-corrected chi connectivity index (χ1v) is 6.04. The molecule has 0 saturated carbocycles. The molecule has 0 aliphatic carbocycles. The van der Waals surface area contributed by atoms with E-state index >= 15 is 0 Å². The van der Waals surface area contributed by atoms with E-state index in [4.69, 9.17) is 21.3 Å². The van der Waals surface area contributed by atoms with Crippen LogP contribution >= 0.6 is 27.5 Å². The zero-order valence-corrected chi connectivity index (χ0v) is 11.0. The molecule has 0 fully saturated rings. The minimum atomic E-state index is 0.358. The molecular formula is C12H8BrClN2O. The molecule has 3 nitrogen and oxygen atoms in total. The van der Waals surface area contributed by atoms with Crippen LogP contribution in [-0.4, -0.2) is 0 Å². The van der Waals surface area contributed by atoms with Gasteiger partial charge in [0.05, 0.1) is 17.8 Å². The van der Waals surface area contributed by atoms with E-state index in [1.54, 1.807) is 18.2 Å². The van der Waals surface area contributed by atoms with E-state index in [-0.39, 0.29) is 0 Å². The van der Waals surface area contributed by atoms with Crippen LogP contribution in [-0.2, 0) is 6.54 Å². The summed E-state index contributed by atoms with van der Waals surface area (Å²) in [5.74, 6) is 0.721. The van der Waals surface area contributed by atoms with E-state index in [9.17, 15) is 0 Å². The number of rotatable bonds is 3. The molecule has 0 amide bonds. The number of hydrogen-bond acceptors (Lipinski definition) is 3. The average molecular weight is 312 g/mol. The van der Waals surface area contributed by atoms with Crippen molar-refractivity contribution < 1.29 is 4.42 Å². The van der Waals surface area contributed by atoms with Gasteiger partial charge in [0.25, 0.3) is 0 Å². The van der Waals surface area contributed by atoms with Gasteiger partial charge in [-0.1, -0.05) is 15.9 Å². The summed E-state index contributed by atoms with van der Waals surface area (Å²) in [6, 6.07) is 11.0. The smallest absolute Gasteiger partial charge is 0.193 e. The van der Waals surface area contributed by atoms with E-state index in [0.29, 0.717) is 17.3 Å². The number of benzene rings is 1. The van der Waals surface area contributed by atoms with Crippen LogP contribution in [0.2, 0.25) is 5.22 Å². The van der Waals surface area contributed by atoms with Gasteiger partial charge in [0.1, 0.15) is 11.8 Å². The Hall–Kier alpha value is -1.44. The van der Waals surface area contributed by atoms with Gasteiger partial charge in [0.2, 0.25) is 0 Å². The van der Waals surface area contributed by atoms with Gasteiger partial charge in [-0.2, -0.15) is 5.26 Å². The molecule has 1 heterocycles. The van der Waals surface area contributed by atoms with Crippen LogP contribution < -0.4 is 5.32 Å². The maximum Gasteiger partial charge on any atom is 0.193 e. The lowest BCUT2D eigenvalue weighted by atomic mass is 10.2. The van der Waals surface area contributed by atoms with Gasteiger partial charge >= 0.3 is 0 Å². The number of halogens is 2. The third-order valence-corrected chi connectivity index (χ3v) is 2.88. The minimum absolute atomic E-state index is 0.358. The highest BCUT2D eigenvalue weighted by atomic mass is 79.9. The van der Waals surface area contributed by atoms with Crippen molar-refractivity contribution in [2.24, 2.45) is 0 Å². The quantitative estimate of drug-likeness (QED) is 0.925. The number of nitrogens with one attached hydrogen (secondary N) is 1. The molecule has 1 N–H and O–H groups in total. The molecule has 0 atom stereocenters. The summed E-state index contributed by atoms with van der Waals surface area (Å²) in [6.07, 6.45) is 0. The molecule has 0 unspecified atom stereocenters. The maximum atomic E-state index is 8.96. The van der Waals surface area contributed by atoms with Gasteiger partial charge < -0.3 is 9.73 Å². The zero-order chi connectivity index (χ0) is 12.3. The third kappa shape index (κ3) is 3.02. The van der Waals surface area contributed by atoms with Gasteiger partial charge in [0.15, 0.2) is 5.22 Å². The topological polar surface area (TPSA) is 49.0 Å². The Morgan fingerprint density at radius 3 is 2.82 bits per heavy atom. The standard InChI is InChI=1S/C12H8BrClN2O/c13-9-2-1-8(6-15)11(5-9)16-7-10-3-4-12(14)17-10/h1-5,16H,7H2. The predicted molar refractivity (Wildman–Crippen MR) is 69.9 cm³/mol. The molecule has 5 heteroatoms. The monoisotopic (exact) mass is 310 g/mol. The summed E-state index contributed by atoms with van der Waals surface area (Å²) < 4.78 is 6.13. The fourth-order valence-electron chi connectivity index (χ4n) is 1.39. The van der Waals surface area contributed by atoms with Gasteiger partial charge in [-0.3, -0.25) is 0 Å². The van der Waals surface area contributed by atoms with Crippen molar-refractivity contribution in [3.63, 3.8) is 0 Å². The van der Waals surface area contributed by atoms with Crippen LogP contribution in [0.3, 0.4) is 0 Å². The Labute approximate surface area is 112 Å². The first-order valence-electron chi connectivity index (χ1n) is 4.87. The largest absolute Gasteiger partial charge is 0.448 e. The number of furan rings is 1. The fourth-order valence-corrected chi connectivity index (χ4v) is 1.91. The van der Waals surface area contributed by atoms with Crippen LogP contribution in [0.25, 0.3) is 0 Å². The van der Waals surface area contributed by atoms with Crippen molar-refractivity contribution in [2.45, 2.75) is 6.54 Å². The SMILES string of the molecule is N#Cc1ccc(Br)cc1NCc1ccc(Cl)o1. The lowest BCUT2D eigenvalue weighted by Gasteiger charge is -2.06. The first kappa shape index (κ1) is 12.0. The number of nitrogens with zero attached hydrogens (tertiary/aromatic N) is 1. The van der Waals surface area contributed by atoms with Crippen LogP contribution in [0.4, 0.5) is 5.69 Å². The lowest BCUT2D eigenvalue weighted by molar-refractivity contribution is 0.520. The Morgan fingerprint density at radius 2 is 2.18 bits per heavy atom. The molecule has 2 aromatic rings. The lowest BCUT2D eigenvalue weighted by Crippen LogP contribution is -2.00.